The molecule has 242 valence electrons. The van der Waals surface area contributed by atoms with E-state index in [9.17, 15) is 14.4 Å². The van der Waals surface area contributed by atoms with Crippen LogP contribution in [0.5, 0.6) is 0 Å². The van der Waals surface area contributed by atoms with Gasteiger partial charge in [0.05, 0.1) is 33.7 Å². The molecule has 11 heteroatoms. The predicted octanol–water partition coefficient (Wildman–Crippen LogP) is 6.04. The lowest BCUT2D eigenvalue weighted by Crippen LogP contribution is -2.60. The first-order chi connectivity index (χ1) is 22.4. The molecule has 1 amide bonds. The maximum absolute atomic E-state index is 17.6. The number of fused-ring (bicyclic) bond motifs is 6. The maximum atomic E-state index is 17.6. The SMILES string of the molecule is C=CC(=O)N1CC2CCc3c(c4cc(F)c(-c5c(C)ccc6[nH]c(=O)oc56)c(F)c4n(-c4c(C)ccnc4C(C)C)c3=O)N2CC1C. The Bertz CT molecular complexity index is 2270. The van der Waals surface area contributed by atoms with E-state index in [1.165, 1.54) is 16.7 Å². The summed E-state index contributed by atoms with van der Waals surface area (Å²) < 4.78 is 41.0. The molecule has 1 fully saturated rings. The summed E-state index contributed by atoms with van der Waals surface area (Å²) in [5.41, 5.74) is 2.73. The summed E-state index contributed by atoms with van der Waals surface area (Å²) in [5.74, 6) is -2.85. The summed E-state index contributed by atoms with van der Waals surface area (Å²) in [6, 6.07) is 5.94. The van der Waals surface area contributed by atoms with E-state index in [1.807, 2.05) is 32.6 Å². The molecule has 3 aromatic heterocycles. The Balaban J connectivity index is 1.62. The number of H-pyrrole nitrogens is 1. The Morgan fingerprint density at radius 1 is 1.11 bits per heavy atom. The van der Waals surface area contributed by atoms with Gasteiger partial charge in [0, 0.05) is 47.9 Å². The van der Waals surface area contributed by atoms with Crippen LogP contribution in [0.1, 0.15) is 55.5 Å². The van der Waals surface area contributed by atoms with Crippen molar-refractivity contribution < 1.29 is 18.0 Å². The number of aromatic nitrogens is 3. The minimum atomic E-state index is -0.951. The van der Waals surface area contributed by atoms with Gasteiger partial charge in [-0.3, -0.25) is 24.1 Å². The summed E-state index contributed by atoms with van der Waals surface area (Å²) in [6.45, 7) is 13.8. The quantitative estimate of drug-likeness (QED) is 0.241. The number of pyridine rings is 2. The number of anilines is 1. The second-order valence-electron chi connectivity index (χ2n) is 13.0. The third-order valence-electron chi connectivity index (χ3n) is 9.70. The van der Waals surface area contributed by atoms with Gasteiger partial charge >= 0.3 is 5.76 Å². The van der Waals surface area contributed by atoms with Crippen molar-refractivity contribution in [2.75, 3.05) is 18.0 Å². The fourth-order valence-electron chi connectivity index (χ4n) is 7.51. The summed E-state index contributed by atoms with van der Waals surface area (Å²) in [4.78, 5) is 50.6. The van der Waals surface area contributed by atoms with Gasteiger partial charge in [-0.15, -0.1) is 0 Å². The highest BCUT2D eigenvalue weighted by Gasteiger charge is 2.40. The molecular formula is C36H35F2N5O4. The Morgan fingerprint density at radius 2 is 1.87 bits per heavy atom. The van der Waals surface area contributed by atoms with Crippen molar-refractivity contribution in [1.29, 1.82) is 0 Å². The lowest BCUT2D eigenvalue weighted by molar-refractivity contribution is -0.129. The largest absolute Gasteiger partial charge is 0.417 e. The zero-order valence-electron chi connectivity index (χ0n) is 26.9. The smallest absolute Gasteiger partial charge is 0.407 e. The second-order valence-corrected chi connectivity index (χ2v) is 13.0. The minimum Gasteiger partial charge on any atom is -0.407 e. The monoisotopic (exact) mass is 639 g/mol. The van der Waals surface area contributed by atoms with Crippen molar-refractivity contribution in [3.63, 3.8) is 0 Å². The lowest BCUT2D eigenvalue weighted by Gasteiger charge is -2.49. The van der Waals surface area contributed by atoms with Crippen LogP contribution < -0.4 is 16.2 Å². The van der Waals surface area contributed by atoms with Gasteiger partial charge in [0.1, 0.15) is 5.82 Å². The van der Waals surface area contributed by atoms with Gasteiger partial charge in [-0.25, -0.2) is 13.6 Å². The van der Waals surface area contributed by atoms with Crippen molar-refractivity contribution >= 4 is 33.6 Å². The molecule has 0 saturated carbocycles. The predicted molar refractivity (Wildman–Crippen MR) is 177 cm³/mol. The molecule has 0 aliphatic carbocycles. The maximum Gasteiger partial charge on any atom is 0.417 e. The molecule has 1 N–H and O–H groups in total. The molecule has 47 heavy (non-hydrogen) atoms. The number of hydrogen-bond donors (Lipinski definition) is 1. The lowest BCUT2D eigenvalue weighted by atomic mass is 9.89. The van der Waals surface area contributed by atoms with Gasteiger partial charge in [0.2, 0.25) is 5.91 Å². The van der Waals surface area contributed by atoms with Gasteiger partial charge in [-0.2, -0.15) is 0 Å². The highest BCUT2D eigenvalue weighted by atomic mass is 19.1. The van der Waals surface area contributed by atoms with Crippen LogP contribution in [0.25, 0.3) is 38.8 Å². The fraction of sp³-hybridized carbons (Fsp3) is 0.333. The number of carbonyl (C=O) groups is 1. The summed E-state index contributed by atoms with van der Waals surface area (Å²) in [5, 5.41) is 0.247. The Morgan fingerprint density at radius 3 is 2.60 bits per heavy atom. The number of amides is 1. The second kappa shape index (κ2) is 11.0. The molecule has 2 aromatic carbocycles. The molecule has 0 spiro atoms. The van der Waals surface area contributed by atoms with E-state index in [-0.39, 0.29) is 46.0 Å². The first-order valence-corrected chi connectivity index (χ1v) is 15.8. The van der Waals surface area contributed by atoms with Crippen molar-refractivity contribution in [3.05, 3.63) is 98.0 Å². The Labute approximate surface area is 269 Å². The van der Waals surface area contributed by atoms with Crippen LogP contribution in [0.15, 0.2) is 57.1 Å². The van der Waals surface area contributed by atoms with Crippen LogP contribution in [0.3, 0.4) is 0 Å². The van der Waals surface area contributed by atoms with Crippen molar-refractivity contribution in [2.24, 2.45) is 0 Å². The van der Waals surface area contributed by atoms with Crippen molar-refractivity contribution in [3.8, 4) is 16.8 Å². The molecule has 0 radical (unpaired) electrons. The zero-order valence-corrected chi connectivity index (χ0v) is 26.9. The highest BCUT2D eigenvalue weighted by Crippen LogP contribution is 2.44. The van der Waals surface area contributed by atoms with E-state index in [0.717, 1.165) is 0 Å². The molecule has 2 aliphatic rings. The van der Waals surface area contributed by atoms with Crippen LogP contribution in [-0.2, 0) is 11.2 Å². The molecule has 0 bridgehead atoms. The zero-order chi connectivity index (χ0) is 33.5. The van der Waals surface area contributed by atoms with E-state index in [1.54, 1.807) is 36.2 Å². The van der Waals surface area contributed by atoms with Crippen LogP contribution in [0.4, 0.5) is 14.5 Å². The number of piperazine rings is 1. The number of rotatable bonds is 4. The number of benzene rings is 2. The first kappa shape index (κ1) is 30.6. The Kier molecular flexibility index (Phi) is 7.18. The van der Waals surface area contributed by atoms with Crippen LogP contribution in [-0.4, -0.2) is 50.5 Å². The number of oxazole rings is 1. The standard InChI is InChI=1S/C36H35F2N5O4/c1-7-26(44)41-16-21-9-10-22-32(42(21)15-20(41)6)23-14-24(37)28(27-18(4)8-11-25-34(27)47-36(46)40-25)29(38)33(23)43(35(22)45)31-19(5)12-13-39-30(31)17(2)3/h7-8,11-14,17,20-21H,1,9-10,15-16H2,2-6H3,(H,40,46). The Hall–Kier alpha value is -5.06. The van der Waals surface area contributed by atoms with E-state index < -0.39 is 28.5 Å². The van der Waals surface area contributed by atoms with Gasteiger partial charge < -0.3 is 14.2 Å². The molecule has 5 aromatic rings. The third kappa shape index (κ3) is 4.54. The number of aromatic amines is 1. The number of nitrogens with zero attached hydrogens (tertiary/aromatic N) is 4. The van der Waals surface area contributed by atoms with E-state index in [2.05, 4.69) is 16.5 Å². The molecule has 5 heterocycles. The highest BCUT2D eigenvalue weighted by molar-refractivity contribution is 6.01. The molecule has 2 aliphatic heterocycles. The van der Waals surface area contributed by atoms with Crippen LogP contribution in [0.2, 0.25) is 0 Å². The number of hydrogen-bond acceptors (Lipinski definition) is 6. The number of halogens is 2. The van der Waals surface area contributed by atoms with E-state index in [4.69, 9.17) is 4.42 Å². The van der Waals surface area contributed by atoms with Gasteiger partial charge in [-0.1, -0.05) is 26.5 Å². The van der Waals surface area contributed by atoms with Crippen molar-refractivity contribution in [1.82, 2.24) is 19.4 Å². The average molecular weight is 640 g/mol. The molecule has 2 unspecified atom stereocenters. The number of carbonyl (C=O) groups excluding carboxylic acids is 1. The topological polar surface area (TPSA) is 104 Å². The molecule has 9 nitrogen and oxygen atoms in total. The number of nitrogens with one attached hydrogen (secondary N) is 1. The van der Waals surface area contributed by atoms with Crippen molar-refractivity contribution in [2.45, 2.75) is 65.5 Å². The van der Waals surface area contributed by atoms with Gasteiger partial charge in [0.25, 0.3) is 5.56 Å². The van der Waals surface area contributed by atoms with Crippen LogP contribution >= 0.6 is 0 Å². The van der Waals surface area contributed by atoms with Gasteiger partial charge in [-0.05, 0) is 74.9 Å². The number of aryl methyl sites for hydroxylation is 2. The van der Waals surface area contributed by atoms with Gasteiger partial charge in [0.15, 0.2) is 11.4 Å². The summed E-state index contributed by atoms with van der Waals surface area (Å²) >= 11 is 0. The molecular weight excluding hydrogens is 604 g/mol. The third-order valence-corrected chi connectivity index (χ3v) is 9.70. The average Bonchev–Trinajstić information content (AvgIpc) is 3.42. The normalized spacial score (nSPS) is 17.8. The molecule has 1 saturated heterocycles. The van der Waals surface area contributed by atoms with E-state index >= 15 is 8.78 Å². The van der Waals surface area contributed by atoms with E-state index in [0.29, 0.717) is 65.2 Å². The minimum absolute atomic E-state index is 0.0244. The molecule has 2 atom stereocenters. The summed E-state index contributed by atoms with van der Waals surface area (Å²) in [6.07, 6.45) is 3.90. The van der Waals surface area contributed by atoms with Crippen LogP contribution in [0, 0.1) is 25.5 Å². The summed E-state index contributed by atoms with van der Waals surface area (Å²) in [7, 11) is 0. The molecule has 7 rings (SSSR count). The fourth-order valence-corrected chi connectivity index (χ4v) is 7.51. The first-order valence-electron chi connectivity index (χ1n) is 15.8.